The van der Waals surface area contributed by atoms with E-state index in [9.17, 15) is 0 Å². The molecule has 106 valence electrons. The highest BCUT2D eigenvalue weighted by Crippen LogP contribution is 2.40. The van der Waals surface area contributed by atoms with Crippen molar-refractivity contribution < 1.29 is 0 Å². The standard InChI is InChI=1S/C17H28N2/c1-13(2)16-9-4-5-10-17(16,12-18)19-15-8-6-7-14(3)11-15/h6-8,11,13,16,19H,4-5,9-10,12,18H2,1-3H3. The van der Waals surface area contributed by atoms with Gasteiger partial charge in [-0.3, -0.25) is 0 Å². The zero-order valence-electron chi connectivity index (χ0n) is 12.6. The first-order chi connectivity index (χ1) is 9.07. The van der Waals surface area contributed by atoms with Crippen molar-refractivity contribution in [1.29, 1.82) is 0 Å². The molecule has 2 heteroatoms. The maximum absolute atomic E-state index is 6.19. The largest absolute Gasteiger partial charge is 0.378 e. The predicted octanol–water partition coefficient (Wildman–Crippen LogP) is 3.95. The molecule has 0 radical (unpaired) electrons. The molecule has 2 rings (SSSR count). The summed E-state index contributed by atoms with van der Waals surface area (Å²) in [6.45, 7) is 7.53. The third-order valence-electron chi connectivity index (χ3n) is 4.68. The van der Waals surface area contributed by atoms with Crippen LogP contribution in [0.15, 0.2) is 24.3 Å². The lowest BCUT2D eigenvalue weighted by atomic mass is 9.67. The minimum absolute atomic E-state index is 0.0835. The molecule has 1 aliphatic carbocycles. The third kappa shape index (κ3) is 3.11. The SMILES string of the molecule is Cc1cccc(NC2(CN)CCCCC2C(C)C)c1. The quantitative estimate of drug-likeness (QED) is 0.860. The van der Waals surface area contributed by atoms with Crippen LogP contribution in [0.2, 0.25) is 0 Å². The molecule has 0 aromatic heterocycles. The molecule has 2 nitrogen and oxygen atoms in total. The highest BCUT2D eigenvalue weighted by molar-refractivity contribution is 5.48. The van der Waals surface area contributed by atoms with Gasteiger partial charge in [0.1, 0.15) is 0 Å². The summed E-state index contributed by atoms with van der Waals surface area (Å²) in [5, 5.41) is 3.79. The van der Waals surface area contributed by atoms with Crippen molar-refractivity contribution in [3.63, 3.8) is 0 Å². The van der Waals surface area contributed by atoms with Crippen LogP contribution in [0.4, 0.5) is 5.69 Å². The zero-order valence-corrected chi connectivity index (χ0v) is 12.6. The second kappa shape index (κ2) is 5.96. The Morgan fingerprint density at radius 1 is 1.37 bits per heavy atom. The zero-order chi connectivity index (χ0) is 13.9. The van der Waals surface area contributed by atoms with Gasteiger partial charge in [-0.2, -0.15) is 0 Å². The van der Waals surface area contributed by atoms with Gasteiger partial charge in [-0.15, -0.1) is 0 Å². The van der Waals surface area contributed by atoms with Crippen LogP contribution in [0.1, 0.15) is 45.1 Å². The van der Waals surface area contributed by atoms with E-state index in [-0.39, 0.29) is 5.54 Å². The maximum atomic E-state index is 6.19. The monoisotopic (exact) mass is 260 g/mol. The maximum Gasteiger partial charge on any atom is 0.0526 e. The number of hydrogen-bond donors (Lipinski definition) is 2. The topological polar surface area (TPSA) is 38.0 Å². The Morgan fingerprint density at radius 3 is 2.79 bits per heavy atom. The summed E-state index contributed by atoms with van der Waals surface area (Å²) in [5.41, 5.74) is 8.79. The Balaban J connectivity index is 2.25. The lowest BCUT2D eigenvalue weighted by Crippen LogP contribution is -2.55. The molecular formula is C17H28N2. The highest BCUT2D eigenvalue weighted by atomic mass is 15.0. The van der Waals surface area contributed by atoms with Crippen LogP contribution >= 0.6 is 0 Å². The molecule has 3 N–H and O–H groups in total. The van der Waals surface area contributed by atoms with Gasteiger partial charge in [0, 0.05) is 12.2 Å². The number of nitrogens with one attached hydrogen (secondary N) is 1. The number of aryl methyl sites for hydroxylation is 1. The highest BCUT2D eigenvalue weighted by Gasteiger charge is 2.40. The van der Waals surface area contributed by atoms with E-state index >= 15 is 0 Å². The molecule has 1 aromatic carbocycles. The smallest absolute Gasteiger partial charge is 0.0526 e. The van der Waals surface area contributed by atoms with Crippen molar-refractivity contribution in [1.82, 2.24) is 0 Å². The van der Waals surface area contributed by atoms with Gasteiger partial charge in [0.25, 0.3) is 0 Å². The van der Waals surface area contributed by atoms with Crippen molar-refractivity contribution in [3.05, 3.63) is 29.8 Å². The second-order valence-corrected chi connectivity index (χ2v) is 6.45. The molecule has 1 aromatic rings. The summed E-state index contributed by atoms with van der Waals surface area (Å²) < 4.78 is 0. The average Bonchev–Trinajstić information content (AvgIpc) is 2.39. The van der Waals surface area contributed by atoms with Crippen LogP contribution in [-0.4, -0.2) is 12.1 Å². The molecule has 0 saturated heterocycles. The minimum Gasteiger partial charge on any atom is -0.378 e. The summed E-state index contributed by atoms with van der Waals surface area (Å²) >= 11 is 0. The van der Waals surface area contributed by atoms with Crippen molar-refractivity contribution >= 4 is 5.69 Å². The van der Waals surface area contributed by atoms with Crippen LogP contribution in [0.3, 0.4) is 0 Å². The summed E-state index contributed by atoms with van der Waals surface area (Å²) in [7, 11) is 0. The van der Waals surface area contributed by atoms with E-state index in [1.165, 1.54) is 36.9 Å². The average molecular weight is 260 g/mol. The van der Waals surface area contributed by atoms with Crippen LogP contribution in [0, 0.1) is 18.8 Å². The van der Waals surface area contributed by atoms with E-state index in [0.29, 0.717) is 11.8 Å². The fourth-order valence-electron chi connectivity index (χ4n) is 3.71. The van der Waals surface area contributed by atoms with E-state index in [0.717, 1.165) is 6.54 Å². The van der Waals surface area contributed by atoms with Gasteiger partial charge in [0.2, 0.25) is 0 Å². The first-order valence-electron chi connectivity index (χ1n) is 7.62. The Kier molecular flexibility index (Phi) is 4.51. The summed E-state index contributed by atoms with van der Waals surface area (Å²) in [6, 6.07) is 8.65. The Morgan fingerprint density at radius 2 is 2.16 bits per heavy atom. The number of nitrogens with two attached hydrogens (primary N) is 1. The van der Waals surface area contributed by atoms with Crippen molar-refractivity contribution in [2.24, 2.45) is 17.6 Å². The normalized spacial score (nSPS) is 27.5. The minimum atomic E-state index is 0.0835. The second-order valence-electron chi connectivity index (χ2n) is 6.45. The van der Waals surface area contributed by atoms with Crippen molar-refractivity contribution in [3.8, 4) is 0 Å². The molecule has 0 spiro atoms. The third-order valence-corrected chi connectivity index (χ3v) is 4.68. The molecule has 19 heavy (non-hydrogen) atoms. The molecule has 0 aliphatic heterocycles. The van der Waals surface area contributed by atoms with E-state index in [4.69, 9.17) is 5.73 Å². The molecular weight excluding hydrogens is 232 g/mol. The number of benzene rings is 1. The van der Waals surface area contributed by atoms with E-state index < -0.39 is 0 Å². The fourth-order valence-corrected chi connectivity index (χ4v) is 3.71. The van der Waals surface area contributed by atoms with Gasteiger partial charge in [-0.25, -0.2) is 0 Å². The molecule has 0 bridgehead atoms. The number of anilines is 1. The van der Waals surface area contributed by atoms with Gasteiger partial charge >= 0.3 is 0 Å². The summed E-state index contributed by atoms with van der Waals surface area (Å²) in [4.78, 5) is 0. The van der Waals surface area contributed by atoms with Crippen LogP contribution in [-0.2, 0) is 0 Å². The van der Waals surface area contributed by atoms with Gasteiger partial charge in [0.15, 0.2) is 0 Å². The molecule has 2 unspecified atom stereocenters. The van der Waals surface area contributed by atoms with Crippen LogP contribution < -0.4 is 11.1 Å². The van der Waals surface area contributed by atoms with E-state index in [2.05, 4.69) is 50.4 Å². The molecule has 0 amide bonds. The van der Waals surface area contributed by atoms with Crippen molar-refractivity contribution in [2.45, 2.75) is 52.0 Å². The molecule has 2 atom stereocenters. The Hall–Kier alpha value is -1.02. The van der Waals surface area contributed by atoms with Gasteiger partial charge < -0.3 is 11.1 Å². The Bertz CT molecular complexity index is 413. The fraction of sp³-hybridized carbons (Fsp3) is 0.647. The summed E-state index contributed by atoms with van der Waals surface area (Å²) in [6.07, 6.45) is 5.13. The molecule has 1 saturated carbocycles. The van der Waals surface area contributed by atoms with Crippen LogP contribution in [0.25, 0.3) is 0 Å². The first-order valence-corrected chi connectivity index (χ1v) is 7.62. The van der Waals surface area contributed by atoms with E-state index in [1.54, 1.807) is 0 Å². The van der Waals surface area contributed by atoms with Crippen LogP contribution in [0.5, 0.6) is 0 Å². The predicted molar refractivity (Wildman–Crippen MR) is 83.4 cm³/mol. The van der Waals surface area contributed by atoms with Gasteiger partial charge in [-0.05, 0) is 49.3 Å². The lowest BCUT2D eigenvalue weighted by molar-refractivity contribution is 0.166. The number of rotatable bonds is 4. The van der Waals surface area contributed by atoms with Gasteiger partial charge in [0.05, 0.1) is 5.54 Å². The summed E-state index contributed by atoms with van der Waals surface area (Å²) in [5.74, 6) is 1.35. The molecule has 1 aliphatic rings. The van der Waals surface area contributed by atoms with Crippen molar-refractivity contribution in [2.75, 3.05) is 11.9 Å². The molecule has 1 fully saturated rings. The number of hydrogen-bond acceptors (Lipinski definition) is 2. The molecule has 0 heterocycles. The van der Waals surface area contributed by atoms with E-state index in [1.807, 2.05) is 0 Å². The van der Waals surface area contributed by atoms with Gasteiger partial charge in [-0.1, -0.05) is 38.8 Å². The lowest BCUT2D eigenvalue weighted by Gasteiger charge is -2.47. The Labute approximate surface area is 117 Å². The first kappa shape index (κ1) is 14.4.